The van der Waals surface area contributed by atoms with Gasteiger partial charge in [-0.05, 0) is 46.9 Å². The molecule has 0 aromatic heterocycles. The van der Waals surface area contributed by atoms with Crippen molar-refractivity contribution in [3.05, 3.63) is 101 Å². The number of halogens is 1. The van der Waals surface area contributed by atoms with E-state index in [1.165, 1.54) is 0 Å². The van der Waals surface area contributed by atoms with Gasteiger partial charge in [0.25, 0.3) is 0 Å². The van der Waals surface area contributed by atoms with Gasteiger partial charge in [-0.3, -0.25) is 9.59 Å². The van der Waals surface area contributed by atoms with Gasteiger partial charge in [0.2, 0.25) is 11.8 Å². The predicted molar refractivity (Wildman–Crippen MR) is 140 cm³/mol. The fourth-order valence-electron chi connectivity index (χ4n) is 3.87. The molecule has 1 atom stereocenters. The van der Waals surface area contributed by atoms with Gasteiger partial charge in [0.15, 0.2) is 0 Å². The smallest absolute Gasteiger partial charge is 0.243 e. The van der Waals surface area contributed by atoms with Crippen molar-refractivity contribution in [3.8, 4) is 5.75 Å². The molecule has 1 N–H and O–H groups in total. The first-order chi connectivity index (χ1) is 16.9. The van der Waals surface area contributed by atoms with Crippen LogP contribution < -0.4 is 10.1 Å². The van der Waals surface area contributed by atoms with Crippen molar-refractivity contribution in [2.45, 2.75) is 39.3 Å². The number of ether oxygens (including phenoxy) is 1. The fraction of sp³-hybridized carbons (Fsp3) is 0.310. The number of benzene rings is 3. The highest BCUT2D eigenvalue weighted by Crippen LogP contribution is 2.20. The molecule has 35 heavy (non-hydrogen) atoms. The molecule has 6 heteroatoms. The molecule has 0 radical (unpaired) electrons. The number of carbonyl (C=O) groups excluding carboxylic acids is 2. The second-order valence-electron chi connectivity index (χ2n) is 9.02. The van der Waals surface area contributed by atoms with Gasteiger partial charge < -0.3 is 15.0 Å². The molecule has 3 rings (SSSR count). The van der Waals surface area contributed by atoms with Gasteiger partial charge in [-0.1, -0.05) is 80.0 Å². The van der Waals surface area contributed by atoms with Crippen LogP contribution in [0.1, 0.15) is 30.5 Å². The summed E-state index contributed by atoms with van der Waals surface area (Å²) in [6.07, 6.45) is 0.559. The molecule has 2 amide bonds. The molecule has 0 heterocycles. The first-order valence-corrected chi connectivity index (χ1v) is 12.2. The van der Waals surface area contributed by atoms with Crippen LogP contribution in [-0.2, 0) is 29.0 Å². The lowest BCUT2D eigenvalue weighted by atomic mass is 10.0. The molecule has 0 fully saturated rings. The molecule has 184 valence electrons. The normalized spacial score (nSPS) is 11.7. The van der Waals surface area contributed by atoms with Crippen molar-refractivity contribution in [3.63, 3.8) is 0 Å². The molecule has 0 aliphatic carbocycles. The Morgan fingerprint density at radius 1 is 0.914 bits per heavy atom. The van der Waals surface area contributed by atoms with Crippen LogP contribution in [0.15, 0.2) is 78.9 Å². The van der Waals surface area contributed by atoms with Crippen LogP contribution in [0.5, 0.6) is 5.75 Å². The van der Waals surface area contributed by atoms with E-state index in [-0.39, 0.29) is 24.8 Å². The van der Waals surface area contributed by atoms with E-state index in [9.17, 15) is 9.59 Å². The Labute approximate surface area is 213 Å². The van der Waals surface area contributed by atoms with Gasteiger partial charge >= 0.3 is 0 Å². The van der Waals surface area contributed by atoms with Gasteiger partial charge in [-0.25, -0.2) is 0 Å². The molecule has 5 nitrogen and oxygen atoms in total. The van der Waals surface area contributed by atoms with Crippen molar-refractivity contribution in [2.75, 3.05) is 13.7 Å². The number of nitrogens with one attached hydrogen (secondary N) is 1. The summed E-state index contributed by atoms with van der Waals surface area (Å²) in [6, 6.07) is 24.0. The Bertz CT molecular complexity index is 1120. The van der Waals surface area contributed by atoms with Crippen LogP contribution in [0.4, 0.5) is 0 Å². The third-order valence-corrected chi connectivity index (χ3v) is 5.92. The predicted octanol–water partition coefficient (Wildman–Crippen LogP) is 5.30. The molecule has 0 aliphatic rings. The second kappa shape index (κ2) is 13.0. The van der Waals surface area contributed by atoms with Gasteiger partial charge in [0, 0.05) is 24.5 Å². The summed E-state index contributed by atoms with van der Waals surface area (Å²) in [5.74, 6) is 0.694. The van der Waals surface area contributed by atoms with E-state index in [0.717, 1.165) is 16.7 Å². The number of rotatable bonds is 11. The van der Waals surface area contributed by atoms with Gasteiger partial charge in [-0.2, -0.15) is 0 Å². The summed E-state index contributed by atoms with van der Waals surface area (Å²) in [4.78, 5) is 28.9. The van der Waals surface area contributed by atoms with Crippen molar-refractivity contribution < 1.29 is 14.3 Å². The first kappa shape index (κ1) is 26.3. The largest absolute Gasteiger partial charge is 0.497 e. The quantitative estimate of drug-likeness (QED) is 0.395. The molecule has 0 spiro atoms. The maximum atomic E-state index is 13.7. The van der Waals surface area contributed by atoms with Crippen LogP contribution >= 0.6 is 11.6 Å². The van der Waals surface area contributed by atoms with E-state index < -0.39 is 6.04 Å². The lowest BCUT2D eigenvalue weighted by molar-refractivity contribution is -0.140. The Kier molecular flexibility index (Phi) is 9.74. The van der Waals surface area contributed by atoms with Crippen molar-refractivity contribution >= 4 is 23.4 Å². The molecule has 0 aliphatic heterocycles. The number of methoxy groups -OCH3 is 1. The van der Waals surface area contributed by atoms with E-state index in [1.54, 1.807) is 24.1 Å². The Hall–Kier alpha value is -3.31. The third kappa shape index (κ3) is 8.15. The second-order valence-corrected chi connectivity index (χ2v) is 9.46. The summed E-state index contributed by atoms with van der Waals surface area (Å²) in [7, 11) is 1.61. The summed E-state index contributed by atoms with van der Waals surface area (Å²) in [6.45, 7) is 4.92. The minimum atomic E-state index is -0.672. The highest BCUT2D eigenvalue weighted by molar-refractivity contribution is 6.30. The van der Waals surface area contributed by atoms with Crippen LogP contribution in [0.2, 0.25) is 5.02 Å². The van der Waals surface area contributed by atoms with E-state index >= 15 is 0 Å². The fourth-order valence-corrected chi connectivity index (χ4v) is 4.08. The zero-order valence-corrected chi connectivity index (χ0v) is 21.3. The third-order valence-electron chi connectivity index (χ3n) is 5.69. The maximum Gasteiger partial charge on any atom is 0.243 e. The summed E-state index contributed by atoms with van der Waals surface area (Å²) in [5, 5.41) is 3.61. The highest BCUT2D eigenvalue weighted by atomic mass is 35.5. The maximum absolute atomic E-state index is 13.7. The van der Waals surface area contributed by atoms with E-state index in [0.29, 0.717) is 29.7 Å². The molecular formula is C29H33ClN2O3. The summed E-state index contributed by atoms with van der Waals surface area (Å²) >= 11 is 6.16. The van der Waals surface area contributed by atoms with E-state index in [2.05, 4.69) is 5.32 Å². The Morgan fingerprint density at radius 2 is 1.60 bits per heavy atom. The SMILES string of the molecule is COc1cccc(CN(C(=O)Cc2cccc(Cl)c2)C(Cc2ccccc2)C(=O)NCC(C)C)c1. The summed E-state index contributed by atoms with van der Waals surface area (Å²) < 4.78 is 5.38. The molecule has 1 unspecified atom stereocenters. The average molecular weight is 493 g/mol. The zero-order valence-electron chi connectivity index (χ0n) is 20.5. The summed E-state index contributed by atoms with van der Waals surface area (Å²) in [5.41, 5.74) is 2.68. The molecular weight excluding hydrogens is 460 g/mol. The van der Waals surface area contributed by atoms with Gasteiger partial charge in [0.05, 0.1) is 13.5 Å². The number of carbonyl (C=O) groups is 2. The molecule has 3 aromatic carbocycles. The number of amides is 2. The van der Waals surface area contributed by atoms with Gasteiger partial charge in [0.1, 0.15) is 11.8 Å². The minimum Gasteiger partial charge on any atom is -0.497 e. The zero-order chi connectivity index (χ0) is 25.2. The standard InChI is InChI=1S/C29H33ClN2O3/c1-21(2)19-31-29(34)27(17-22-9-5-4-6-10-22)32(20-24-12-8-14-26(16-24)35-3)28(33)18-23-11-7-13-25(30)15-23/h4-16,21,27H,17-20H2,1-3H3,(H,31,34). The lowest BCUT2D eigenvalue weighted by Crippen LogP contribution is -2.51. The molecule has 0 saturated carbocycles. The molecule has 3 aromatic rings. The monoisotopic (exact) mass is 492 g/mol. The van der Waals surface area contributed by atoms with Gasteiger partial charge in [-0.15, -0.1) is 0 Å². The van der Waals surface area contributed by atoms with Crippen molar-refractivity contribution in [2.24, 2.45) is 5.92 Å². The minimum absolute atomic E-state index is 0.143. The first-order valence-electron chi connectivity index (χ1n) is 11.8. The van der Waals surface area contributed by atoms with Crippen LogP contribution in [0, 0.1) is 5.92 Å². The van der Waals surface area contributed by atoms with Crippen LogP contribution in [0.25, 0.3) is 0 Å². The van der Waals surface area contributed by atoms with E-state index in [1.807, 2.05) is 80.6 Å². The lowest BCUT2D eigenvalue weighted by Gasteiger charge is -2.32. The molecule has 0 saturated heterocycles. The number of hydrogen-bond acceptors (Lipinski definition) is 3. The average Bonchev–Trinajstić information content (AvgIpc) is 2.85. The van der Waals surface area contributed by atoms with Crippen molar-refractivity contribution in [1.82, 2.24) is 10.2 Å². The molecule has 0 bridgehead atoms. The highest BCUT2D eigenvalue weighted by Gasteiger charge is 2.30. The number of nitrogens with zero attached hydrogens (tertiary/aromatic N) is 1. The van der Waals surface area contributed by atoms with Crippen LogP contribution in [0.3, 0.4) is 0 Å². The Balaban J connectivity index is 1.97. The number of hydrogen-bond donors (Lipinski definition) is 1. The van der Waals surface area contributed by atoms with Crippen LogP contribution in [-0.4, -0.2) is 36.4 Å². The van der Waals surface area contributed by atoms with Crippen molar-refractivity contribution in [1.29, 1.82) is 0 Å². The van der Waals surface area contributed by atoms with E-state index in [4.69, 9.17) is 16.3 Å². The topological polar surface area (TPSA) is 58.6 Å². The Morgan fingerprint density at radius 3 is 2.29 bits per heavy atom.